The molecule has 0 radical (unpaired) electrons. The maximum absolute atomic E-state index is 14.5. The van der Waals surface area contributed by atoms with Gasteiger partial charge in [0.25, 0.3) is 5.91 Å². The molecule has 3 aromatic carbocycles. The summed E-state index contributed by atoms with van der Waals surface area (Å²) in [6.45, 7) is 6.71. The third-order valence-corrected chi connectivity index (χ3v) is 8.58. The van der Waals surface area contributed by atoms with Gasteiger partial charge in [0, 0.05) is 44.0 Å². The highest BCUT2D eigenvalue weighted by molar-refractivity contribution is 6.01. The average Bonchev–Trinajstić information content (AvgIpc) is 3.01. The van der Waals surface area contributed by atoms with Crippen molar-refractivity contribution in [1.82, 2.24) is 9.80 Å². The van der Waals surface area contributed by atoms with Crippen LogP contribution in [0.1, 0.15) is 58.4 Å². The Morgan fingerprint density at radius 3 is 2.26 bits per heavy atom. The van der Waals surface area contributed by atoms with Gasteiger partial charge >= 0.3 is 6.18 Å². The molecule has 43 heavy (non-hydrogen) atoms. The van der Waals surface area contributed by atoms with Gasteiger partial charge in [-0.05, 0) is 73.4 Å². The number of halogens is 3. The van der Waals surface area contributed by atoms with Crippen molar-refractivity contribution in [1.29, 1.82) is 0 Å². The van der Waals surface area contributed by atoms with Crippen LogP contribution in [0.2, 0.25) is 0 Å². The Labute approximate surface area is 248 Å². The SMILES string of the molecule is CCOc1cc2c(cc1OCC)[C@H]1[C@@H](C(=O)N3CCN(c4cccc(C(F)(F)F)c4)CC3)c3ccccc3C(=O)N1CC2. The number of amides is 2. The summed E-state index contributed by atoms with van der Waals surface area (Å²) in [7, 11) is 0. The first-order valence-electron chi connectivity index (χ1n) is 14.7. The van der Waals surface area contributed by atoms with E-state index in [0.29, 0.717) is 80.7 Å². The molecule has 6 rings (SSSR count). The smallest absolute Gasteiger partial charge is 0.416 e. The standard InChI is InChI=1S/C33H34F3N3O4/c1-3-42-27-18-21-12-13-39-30(26(21)20-28(27)43-4-2)29(24-10-5-6-11-25(24)31(39)40)32(41)38-16-14-37(15-17-38)23-9-7-8-22(19-23)33(34,35)36/h5-11,18-20,29-30H,3-4,12-17H2,1-2H3/t29-,30-/m0/s1. The van der Waals surface area contributed by atoms with Crippen LogP contribution >= 0.6 is 0 Å². The second-order valence-electron chi connectivity index (χ2n) is 11.0. The van der Waals surface area contributed by atoms with Crippen molar-refractivity contribution in [3.05, 3.63) is 88.5 Å². The first kappa shape index (κ1) is 28.9. The summed E-state index contributed by atoms with van der Waals surface area (Å²) in [6, 6.07) is 16.0. The van der Waals surface area contributed by atoms with E-state index in [9.17, 15) is 22.8 Å². The average molecular weight is 594 g/mol. The topological polar surface area (TPSA) is 62.3 Å². The molecule has 0 unspecified atom stereocenters. The first-order chi connectivity index (χ1) is 20.7. The Balaban J connectivity index is 1.33. The first-order valence-corrected chi connectivity index (χ1v) is 14.7. The number of ether oxygens (including phenoxy) is 2. The van der Waals surface area contributed by atoms with Gasteiger partial charge in [0.15, 0.2) is 11.5 Å². The van der Waals surface area contributed by atoms with Crippen molar-refractivity contribution in [3.8, 4) is 11.5 Å². The van der Waals surface area contributed by atoms with Gasteiger partial charge in [0.2, 0.25) is 5.91 Å². The van der Waals surface area contributed by atoms with Crippen LogP contribution in [0.4, 0.5) is 18.9 Å². The van der Waals surface area contributed by atoms with Crippen molar-refractivity contribution >= 4 is 17.5 Å². The Morgan fingerprint density at radius 1 is 0.860 bits per heavy atom. The molecule has 2 amide bonds. The molecule has 10 heteroatoms. The van der Waals surface area contributed by atoms with Crippen LogP contribution < -0.4 is 14.4 Å². The van der Waals surface area contributed by atoms with Gasteiger partial charge < -0.3 is 24.2 Å². The molecular formula is C33H34F3N3O4. The lowest BCUT2D eigenvalue weighted by molar-refractivity contribution is -0.137. The fraction of sp³-hybridized carbons (Fsp3) is 0.394. The van der Waals surface area contributed by atoms with Crippen LogP contribution in [-0.2, 0) is 17.4 Å². The summed E-state index contributed by atoms with van der Waals surface area (Å²) >= 11 is 0. The summed E-state index contributed by atoms with van der Waals surface area (Å²) in [6.07, 6.45) is -3.80. The van der Waals surface area contributed by atoms with Gasteiger partial charge in [0.05, 0.1) is 30.7 Å². The van der Waals surface area contributed by atoms with E-state index >= 15 is 0 Å². The highest BCUT2D eigenvalue weighted by Gasteiger charge is 2.48. The van der Waals surface area contributed by atoms with E-state index in [0.717, 1.165) is 23.3 Å². The number of piperazine rings is 1. The zero-order valence-corrected chi connectivity index (χ0v) is 24.2. The van der Waals surface area contributed by atoms with Crippen molar-refractivity contribution in [2.75, 3.05) is 50.8 Å². The number of anilines is 1. The number of hydrogen-bond acceptors (Lipinski definition) is 5. The van der Waals surface area contributed by atoms with Crippen molar-refractivity contribution in [2.45, 2.75) is 38.4 Å². The van der Waals surface area contributed by atoms with E-state index in [1.54, 1.807) is 17.0 Å². The highest BCUT2D eigenvalue weighted by atomic mass is 19.4. The molecule has 3 aromatic rings. The molecule has 0 aliphatic carbocycles. The number of fused-ring (bicyclic) bond motifs is 4. The monoisotopic (exact) mass is 593 g/mol. The van der Waals surface area contributed by atoms with E-state index < -0.39 is 23.7 Å². The molecule has 1 saturated heterocycles. The van der Waals surface area contributed by atoms with Gasteiger partial charge in [-0.15, -0.1) is 0 Å². The second-order valence-corrected chi connectivity index (χ2v) is 11.0. The Bertz CT molecular complexity index is 1530. The molecule has 226 valence electrons. The molecule has 2 atom stereocenters. The molecular weight excluding hydrogens is 559 g/mol. The lowest BCUT2D eigenvalue weighted by Gasteiger charge is -2.47. The molecule has 3 aliphatic heterocycles. The third-order valence-electron chi connectivity index (χ3n) is 8.58. The molecule has 0 aromatic heterocycles. The number of carbonyl (C=O) groups is 2. The van der Waals surface area contributed by atoms with Crippen molar-refractivity contribution in [3.63, 3.8) is 0 Å². The lowest BCUT2D eigenvalue weighted by Crippen LogP contribution is -2.54. The third kappa shape index (κ3) is 5.28. The van der Waals surface area contributed by atoms with E-state index in [4.69, 9.17) is 9.47 Å². The Hall–Kier alpha value is -4.21. The largest absolute Gasteiger partial charge is 0.490 e. The normalized spacial score (nSPS) is 19.8. The fourth-order valence-corrected chi connectivity index (χ4v) is 6.60. The van der Waals surface area contributed by atoms with Crippen molar-refractivity contribution < 1.29 is 32.2 Å². The number of carbonyl (C=O) groups excluding carboxylic acids is 2. The number of rotatable bonds is 6. The van der Waals surface area contributed by atoms with Crippen LogP contribution in [-0.4, -0.2) is 67.6 Å². The molecule has 0 N–H and O–H groups in total. The van der Waals surface area contributed by atoms with Crippen LogP contribution in [0.5, 0.6) is 11.5 Å². The van der Waals surface area contributed by atoms with Gasteiger partial charge in [0.1, 0.15) is 0 Å². The van der Waals surface area contributed by atoms with E-state index in [-0.39, 0.29) is 11.8 Å². The molecule has 1 fully saturated rings. The zero-order chi connectivity index (χ0) is 30.3. The fourth-order valence-electron chi connectivity index (χ4n) is 6.60. The van der Waals surface area contributed by atoms with Gasteiger partial charge in [-0.25, -0.2) is 0 Å². The number of hydrogen-bond donors (Lipinski definition) is 0. The molecule has 7 nitrogen and oxygen atoms in total. The summed E-state index contributed by atoms with van der Waals surface area (Å²) in [5.74, 6) is 0.389. The predicted molar refractivity (Wildman–Crippen MR) is 156 cm³/mol. The molecule has 0 bridgehead atoms. The zero-order valence-electron chi connectivity index (χ0n) is 24.2. The second kappa shape index (κ2) is 11.5. The summed E-state index contributed by atoms with van der Waals surface area (Å²) in [5, 5.41) is 0. The van der Waals surface area contributed by atoms with Gasteiger partial charge in [-0.1, -0.05) is 24.3 Å². The Morgan fingerprint density at radius 2 is 1.56 bits per heavy atom. The maximum atomic E-state index is 14.5. The predicted octanol–water partition coefficient (Wildman–Crippen LogP) is 5.69. The molecule has 0 spiro atoms. The minimum Gasteiger partial charge on any atom is -0.490 e. The maximum Gasteiger partial charge on any atom is 0.416 e. The number of nitrogens with zero attached hydrogens (tertiary/aromatic N) is 3. The van der Waals surface area contributed by atoms with E-state index in [2.05, 4.69) is 0 Å². The lowest BCUT2D eigenvalue weighted by atomic mass is 9.75. The van der Waals surface area contributed by atoms with Crippen molar-refractivity contribution in [2.24, 2.45) is 0 Å². The van der Waals surface area contributed by atoms with Crippen LogP contribution in [0.25, 0.3) is 0 Å². The molecule has 0 saturated carbocycles. The summed E-state index contributed by atoms with van der Waals surface area (Å²) < 4.78 is 51.7. The Kier molecular flexibility index (Phi) is 7.70. The van der Waals surface area contributed by atoms with Gasteiger partial charge in [-0.3, -0.25) is 9.59 Å². The quantitative estimate of drug-likeness (QED) is 0.368. The van der Waals surface area contributed by atoms with E-state index in [1.807, 2.05) is 54.0 Å². The van der Waals surface area contributed by atoms with Crippen LogP contribution in [0.3, 0.4) is 0 Å². The van der Waals surface area contributed by atoms with Crippen LogP contribution in [0, 0.1) is 0 Å². The molecule has 3 heterocycles. The minimum atomic E-state index is -4.42. The van der Waals surface area contributed by atoms with Crippen LogP contribution in [0.15, 0.2) is 60.7 Å². The number of alkyl halides is 3. The minimum absolute atomic E-state index is 0.0988. The highest BCUT2D eigenvalue weighted by Crippen LogP contribution is 2.49. The van der Waals surface area contributed by atoms with E-state index in [1.165, 1.54) is 6.07 Å². The summed E-state index contributed by atoms with van der Waals surface area (Å²) in [5.41, 5.74) is 2.91. The number of benzene rings is 3. The summed E-state index contributed by atoms with van der Waals surface area (Å²) in [4.78, 5) is 33.7. The molecule has 3 aliphatic rings. The van der Waals surface area contributed by atoms with Gasteiger partial charge in [-0.2, -0.15) is 13.2 Å².